The second kappa shape index (κ2) is 7.25. The molecule has 1 heterocycles. The SMILES string of the molecule is CCCNC(Cc1ccc(F)cc1Cl)c1occc1Br. The Hall–Kier alpha value is -0.840. The van der Waals surface area contributed by atoms with Crippen molar-refractivity contribution < 1.29 is 8.81 Å². The Labute approximate surface area is 131 Å². The van der Waals surface area contributed by atoms with Crippen LogP contribution in [0.4, 0.5) is 4.39 Å². The van der Waals surface area contributed by atoms with Crippen LogP contribution in [-0.2, 0) is 6.42 Å². The van der Waals surface area contributed by atoms with Gasteiger partial charge in [0.1, 0.15) is 11.6 Å². The Kier molecular flexibility index (Phi) is 5.64. The summed E-state index contributed by atoms with van der Waals surface area (Å²) in [4.78, 5) is 0. The summed E-state index contributed by atoms with van der Waals surface area (Å²) in [6.45, 7) is 2.97. The third-order valence-corrected chi connectivity index (χ3v) is 4.05. The van der Waals surface area contributed by atoms with E-state index in [2.05, 4.69) is 28.2 Å². The van der Waals surface area contributed by atoms with Gasteiger partial charge in [0.2, 0.25) is 0 Å². The average Bonchev–Trinajstić information content (AvgIpc) is 2.83. The van der Waals surface area contributed by atoms with E-state index in [1.165, 1.54) is 12.1 Å². The van der Waals surface area contributed by atoms with E-state index in [-0.39, 0.29) is 11.9 Å². The van der Waals surface area contributed by atoms with E-state index in [1.807, 2.05) is 6.07 Å². The fourth-order valence-electron chi connectivity index (χ4n) is 2.04. The van der Waals surface area contributed by atoms with Crippen LogP contribution in [-0.4, -0.2) is 6.54 Å². The second-order valence-electron chi connectivity index (χ2n) is 4.58. The number of nitrogens with one attached hydrogen (secondary N) is 1. The van der Waals surface area contributed by atoms with Crippen molar-refractivity contribution in [3.05, 3.63) is 57.2 Å². The molecule has 0 aliphatic heterocycles. The first-order valence-corrected chi connectivity index (χ1v) is 7.69. The maximum Gasteiger partial charge on any atom is 0.135 e. The number of benzene rings is 1. The predicted molar refractivity (Wildman–Crippen MR) is 82.6 cm³/mol. The minimum Gasteiger partial charge on any atom is -0.466 e. The van der Waals surface area contributed by atoms with Crippen molar-refractivity contribution >= 4 is 27.5 Å². The van der Waals surface area contributed by atoms with Crippen LogP contribution in [0.25, 0.3) is 0 Å². The minimum atomic E-state index is -0.323. The average molecular weight is 361 g/mol. The molecule has 0 radical (unpaired) electrons. The van der Waals surface area contributed by atoms with E-state index >= 15 is 0 Å². The maximum absolute atomic E-state index is 13.1. The Bertz CT molecular complexity index is 573. The lowest BCUT2D eigenvalue weighted by molar-refractivity contribution is 0.408. The van der Waals surface area contributed by atoms with Gasteiger partial charge in [-0.1, -0.05) is 24.6 Å². The third-order valence-electron chi connectivity index (χ3n) is 3.04. The van der Waals surface area contributed by atoms with Crippen molar-refractivity contribution in [1.29, 1.82) is 0 Å². The first-order chi connectivity index (χ1) is 9.61. The molecule has 1 unspecified atom stereocenters. The van der Waals surface area contributed by atoms with E-state index in [4.69, 9.17) is 16.0 Å². The van der Waals surface area contributed by atoms with Gasteiger partial charge < -0.3 is 9.73 Å². The van der Waals surface area contributed by atoms with Gasteiger partial charge in [-0.15, -0.1) is 0 Å². The normalized spacial score (nSPS) is 12.6. The topological polar surface area (TPSA) is 25.2 Å². The Morgan fingerprint density at radius 1 is 1.40 bits per heavy atom. The molecule has 0 aliphatic rings. The van der Waals surface area contributed by atoms with Crippen LogP contribution in [0.5, 0.6) is 0 Å². The van der Waals surface area contributed by atoms with Crippen LogP contribution in [0, 0.1) is 5.82 Å². The van der Waals surface area contributed by atoms with E-state index in [0.717, 1.165) is 28.8 Å². The first kappa shape index (κ1) is 15.5. The summed E-state index contributed by atoms with van der Waals surface area (Å²) >= 11 is 9.57. The molecule has 20 heavy (non-hydrogen) atoms. The Morgan fingerprint density at radius 2 is 2.20 bits per heavy atom. The van der Waals surface area contributed by atoms with Crippen molar-refractivity contribution in [2.75, 3.05) is 6.54 Å². The summed E-state index contributed by atoms with van der Waals surface area (Å²) in [6, 6.07) is 6.35. The molecule has 1 N–H and O–H groups in total. The zero-order valence-electron chi connectivity index (χ0n) is 11.1. The highest BCUT2D eigenvalue weighted by molar-refractivity contribution is 9.10. The molecule has 0 aliphatic carbocycles. The smallest absolute Gasteiger partial charge is 0.135 e. The molecule has 0 saturated carbocycles. The van der Waals surface area contributed by atoms with Crippen molar-refractivity contribution in [3.63, 3.8) is 0 Å². The number of furan rings is 1. The van der Waals surface area contributed by atoms with Gasteiger partial charge >= 0.3 is 0 Å². The summed E-state index contributed by atoms with van der Waals surface area (Å²) in [5.41, 5.74) is 0.893. The van der Waals surface area contributed by atoms with Gasteiger partial charge in [0.25, 0.3) is 0 Å². The Morgan fingerprint density at radius 3 is 2.80 bits per heavy atom. The zero-order chi connectivity index (χ0) is 14.5. The molecule has 0 spiro atoms. The highest BCUT2D eigenvalue weighted by Gasteiger charge is 2.19. The highest BCUT2D eigenvalue weighted by atomic mass is 79.9. The molecule has 5 heteroatoms. The van der Waals surface area contributed by atoms with Crippen LogP contribution in [0.1, 0.15) is 30.7 Å². The first-order valence-electron chi connectivity index (χ1n) is 6.52. The molecule has 1 aromatic carbocycles. The molecule has 1 atom stereocenters. The van der Waals surface area contributed by atoms with Crippen LogP contribution in [0.3, 0.4) is 0 Å². The van der Waals surface area contributed by atoms with Crippen LogP contribution >= 0.6 is 27.5 Å². The summed E-state index contributed by atoms with van der Waals surface area (Å²) in [5.74, 6) is 0.509. The number of hydrogen-bond donors (Lipinski definition) is 1. The molecule has 108 valence electrons. The van der Waals surface area contributed by atoms with Crippen LogP contribution in [0.2, 0.25) is 5.02 Å². The summed E-state index contributed by atoms with van der Waals surface area (Å²) in [5, 5.41) is 3.87. The molecule has 2 rings (SSSR count). The van der Waals surface area contributed by atoms with Crippen molar-refractivity contribution in [2.24, 2.45) is 0 Å². The number of rotatable bonds is 6. The van der Waals surface area contributed by atoms with Gasteiger partial charge in [-0.2, -0.15) is 0 Å². The highest BCUT2D eigenvalue weighted by Crippen LogP contribution is 2.29. The summed E-state index contributed by atoms with van der Waals surface area (Å²) in [7, 11) is 0. The molecule has 0 fully saturated rings. The third kappa shape index (κ3) is 3.84. The van der Waals surface area contributed by atoms with E-state index in [1.54, 1.807) is 12.3 Å². The number of halogens is 3. The van der Waals surface area contributed by atoms with Crippen molar-refractivity contribution in [3.8, 4) is 0 Å². The van der Waals surface area contributed by atoms with E-state index in [9.17, 15) is 4.39 Å². The van der Waals surface area contributed by atoms with Crippen molar-refractivity contribution in [2.45, 2.75) is 25.8 Å². The lowest BCUT2D eigenvalue weighted by atomic mass is 10.0. The second-order valence-corrected chi connectivity index (χ2v) is 5.84. The van der Waals surface area contributed by atoms with Gasteiger partial charge in [0.15, 0.2) is 0 Å². The van der Waals surface area contributed by atoms with E-state index < -0.39 is 0 Å². The van der Waals surface area contributed by atoms with Gasteiger partial charge in [0, 0.05) is 5.02 Å². The zero-order valence-corrected chi connectivity index (χ0v) is 13.5. The Balaban J connectivity index is 2.21. The fourth-order valence-corrected chi connectivity index (χ4v) is 2.76. The summed E-state index contributed by atoms with van der Waals surface area (Å²) < 4.78 is 19.6. The molecule has 2 nitrogen and oxygen atoms in total. The molecule has 0 amide bonds. The lowest BCUT2D eigenvalue weighted by Crippen LogP contribution is -2.24. The molecular formula is C15H16BrClFNO. The van der Waals surface area contributed by atoms with Gasteiger partial charge in [-0.25, -0.2) is 4.39 Å². The van der Waals surface area contributed by atoms with Crippen molar-refractivity contribution in [1.82, 2.24) is 5.32 Å². The van der Waals surface area contributed by atoms with E-state index in [0.29, 0.717) is 11.4 Å². The summed E-state index contributed by atoms with van der Waals surface area (Å²) in [6.07, 6.45) is 3.31. The van der Waals surface area contributed by atoms with Crippen LogP contribution in [0.15, 0.2) is 39.4 Å². The van der Waals surface area contributed by atoms with Crippen LogP contribution < -0.4 is 5.32 Å². The number of hydrogen-bond acceptors (Lipinski definition) is 2. The molecule has 1 aromatic heterocycles. The largest absolute Gasteiger partial charge is 0.466 e. The molecule has 2 aromatic rings. The monoisotopic (exact) mass is 359 g/mol. The molecule has 0 bridgehead atoms. The lowest BCUT2D eigenvalue weighted by Gasteiger charge is -2.18. The molecule has 0 saturated heterocycles. The minimum absolute atomic E-state index is 0.00212. The maximum atomic E-state index is 13.1. The van der Waals surface area contributed by atoms with Gasteiger partial charge in [-0.3, -0.25) is 0 Å². The standard InChI is InChI=1S/C15H16BrClFNO/c1-2-6-19-14(15-12(16)5-7-20-15)8-10-3-4-11(18)9-13(10)17/h3-5,7,9,14,19H,2,6,8H2,1H3. The molecular weight excluding hydrogens is 345 g/mol. The van der Waals surface area contributed by atoms with Gasteiger partial charge in [0.05, 0.1) is 16.8 Å². The quantitative estimate of drug-likeness (QED) is 0.773. The van der Waals surface area contributed by atoms with Gasteiger partial charge in [-0.05, 0) is 59.1 Å². The predicted octanol–water partition coefficient (Wildman–Crippen LogP) is 5.12. The fraction of sp³-hybridized carbons (Fsp3) is 0.333.